The van der Waals surface area contributed by atoms with Gasteiger partial charge >= 0.3 is 0 Å². The van der Waals surface area contributed by atoms with Gasteiger partial charge in [0.25, 0.3) is 0 Å². The van der Waals surface area contributed by atoms with Gasteiger partial charge in [-0.2, -0.15) is 0 Å². The molecule has 6 heteroatoms. The van der Waals surface area contributed by atoms with Crippen LogP contribution >= 0.6 is 27.5 Å². The van der Waals surface area contributed by atoms with Crippen LogP contribution in [0.25, 0.3) is 11.3 Å². The van der Waals surface area contributed by atoms with E-state index in [1.165, 1.54) is 4.68 Å². The zero-order chi connectivity index (χ0) is 13.4. The zero-order valence-electron chi connectivity index (χ0n) is 10.1. The smallest absolute Gasteiger partial charge is 0.150 e. The van der Waals surface area contributed by atoms with Crippen LogP contribution in [0.4, 0.5) is 5.82 Å². The van der Waals surface area contributed by atoms with E-state index >= 15 is 0 Å². The summed E-state index contributed by atoms with van der Waals surface area (Å²) in [6.07, 6.45) is 0. The number of imidazole rings is 1. The second kappa shape index (κ2) is 4.82. The number of hydrogen-bond donors (Lipinski definition) is 2. The van der Waals surface area contributed by atoms with Gasteiger partial charge in [0.05, 0.1) is 5.02 Å². The Labute approximate surface area is 119 Å². The Morgan fingerprint density at radius 3 is 2.56 bits per heavy atom. The van der Waals surface area contributed by atoms with E-state index in [1.807, 2.05) is 26.0 Å². The fourth-order valence-electron chi connectivity index (χ4n) is 1.75. The quantitative estimate of drug-likeness (QED) is 0.830. The molecule has 2 aromatic rings. The molecule has 1 aromatic carbocycles. The van der Waals surface area contributed by atoms with Gasteiger partial charge in [-0.05, 0) is 12.1 Å². The molecule has 0 atom stereocenters. The van der Waals surface area contributed by atoms with Crippen molar-refractivity contribution in [3.63, 3.8) is 0 Å². The van der Waals surface area contributed by atoms with Crippen LogP contribution in [0.1, 0.15) is 25.6 Å². The normalized spacial score (nSPS) is 11.2. The van der Waals surface area contributed by atoms with Crippen LogP contribution in [-0.2, 0) is 0 Å². The predicted molar refractivity (Wildman–Crippen MR) is 79.0 cm³/mol. The third-order valence-electron chi connectivity index (χ3n) is 2.68. The Bertz CT molecular complexity index is 592. The second-order valence-electron chi connectivity index (χ2n) is 4.35. The molecule has 4 nitrogen and oxygen atoms in total. The number of benzene rings is 1. The average Bonchev–Trinajstić information content (AvgIpc) is 2.57. The summed E-state index contributed by atoms with van der Waals surface area (Å²) < 4.78 is 2.32. The van der Waals surface area contributed by atoms with Gasteiger partial charge in [-0.15, -0.1) is 0 Å². The summed E-state index contributed by atoms with van der Waals surface area (Å²) in [6, 6.07) is 5.57. The molecule has 0 aliphatic rings. The molecule has 4 N–H and O–H groups in total. The minimum Gasteiger partial charge on any atom is -0.382 e. The maximum absolute atomic E-state index is 6.20. The average molecular weight is 330 g/mol. The molecule has 0 aliphatic carbocycles. The number of nitrogens with two attached hydrogens (primary N) is 2. The zero-order valence-corrected chi connectivity index (χ0v) is 12.5. The molecular weight excluding hydrogens is 316 g/mol. The summed E-state index contributed by atoms with van der Waals surface area (Å²) in [6.45, 7) is 4.02. The molecule has 0 fully saturated rings. The Morgan fingerprint density at radius 2 is 2.06 bits per heavy atom. The number of nitrogens with zero attached hydrogens (tertiary/aromatic N) is 2. The van der Waals surface area contributed by atoms with Gasteiger partial charge in [-0.3, -0.25) is 0 Å². The van der Waals surface area contributed by atoms with Crippen LogP contribution in [0.2, 0.25) is 5.02 Å². The van der Waals surface area contributed by atoms with Crippen molar-refractivity contribution >= 4 is 33.3 Å². The Morgan fingerprint density at radius 1 is 1.39 bits per heavy atom. The summed E-state index contributed by atoms with van der Waals surface area (Å²) in [5, 5.41) is 0.587. The number of rotatable bonds is 2. The first kappa shape index (κ1) is 13.2. The molecule has 0 aliphatic heterocycles. The van der Waals surface area contributed by atoms with Gasteiger partial charge in [0, 0.05) is 16.0 Å². The van der Waals surface area contributed by atoms with E-state index in [9.17, 15) is 0 Å². The summed E-state index contributed by atoms with van der Waals surface area (Å²) in [4.78, 5) is 4.48. The fourth-order valence-corrected chi connectivity index (χ4v) is 2.51. The molecule has 0 bridgehead atoms. The van der Waals surface area contributed by atoms with E-state index in [0.717, 1.165) is 15.9 Å². The van der Waals surface area contributed by atoms with Crippen LogP contribution in [-0.4, -0.2) is 9.66 Å². The topological polar surface area (TPSA) is 69.9 Å². The highest BCUT2D eigenvalue weighted by molar-refractivity contribution is 9.10. The molecule has 0 amide bonds. The lowest BCUT2D eigenvalue weighted by molar-refractivity contribution is 0.739. The SMILES string of the molecule is CC(C)c1nc(-c2ccc(Br)cc2Cl)c(N)n1N. The molecule has 18 heavy (non-hydrogen) atoms. The van der Waals surface area contributed by atoms with Crippen molar-refractivity contribution in [2.75, 3.05) is 11.6 Å². The monoisotopic (exact) mass is 328 g/mol. The van der Waals surface area contributed by atoms with Crippen molar-refractivity contribution in [2.24, 2.45) is 0 Å². The van der Waals surface area contributed by atoms with Gasteiger partial charge in [0.15, 0.2) is 5.82 Å². The van der Waals surface area contributed by atoms with Gasteiger partial charge in [0.2, 0.25) is 0 Å². The van der Waals surface area contributed by atoms with Crippen molar-refractivity contribution in [2.45, 2.75) is 19.8 Å². The van der Waals surface area contributed by atoms with Crippen molar-refractivity contribution < 1.29 is 0 Å². The summed E-state index contributed by atoms with van der Waals surface area (Å²) in [5.41, 5.74) is 7.39. The molecule has 0 unspecified atom stereocenters. The summed E-state index contributed by atoms with van der Waals surface area (Å²) >= 11 is 9.57. The van der Waals surface area contributed by atoms with E-state index in [4.69, 9.17) is 23.2 Å². The van der Waals surface area contributed by atoms with Crippen LogP contribution in [0, 0.1) is 0 Å². The van der Waals surface area contributed by atoms with Crippen LogP contribution < -0.4 is 11.6 Å². The van der Waals surface area contributed by atoms with E-state index in [0.29, 0.717) is 16.5 Å². The lowest BCUT2D eigenvalue weighted by atomic mass is 10.1. The summed E-state index contributed by atoms with van der Waals surface area (Å²) in [7, 11) is 0. The molecule has 2 rings (SSSR count). The maximum Gasteiger partial charge on any atom is 0.150 e. The highest BCUT2D eigenvalue weighted by Crippen LogP contribution is 2.34. The minimum absolute atomic E-state index is 0.195. The van der Waals surface area contributed by atoms with Gasteiger partial charge in [-0.25, -0.2) is 9.66 Å². The lowest BCUT2D eigenvalue weighted by Crippen LogP contribution is -2.16. The highest BCUT2D eigenvalue weighted by Gasteiger charge is 2.18. The van der Waals surface area contributed by atoms with Crippen molar-refractivity contribution in [1.82, 2.24) is 9.66 Å². The maximum atomic E-state index is 6.20. The summed E-state index contributed by atoms with van der Waals surface area (Å²) in [5.74, 6) is 7.25. The number of hydrogen-bond acceptors (Lipinski definition) is 3. The minimum atomic E-state index is 0.195. The number of aromatic nitrogens is 2. The third-order valence-corrected chi connectivity index (χ3v) is 3.48. The first-order chi connectivity index (χ1) is 8.41. The van der Waals surface area contributed by atoms with E-state index in [-0.39, 0.29) is 5.92 Å². The molecule has 1 aromatic heterocycles. The van der Waals surface area contributed by atoms with Crippen molar-refractivity contribution in [1.29, 1.82) is 0 Å². The number of nitrogen functional groups attached to an aromatic ring is 2. The second-order valence-corrected chi connectivity index (χ2v) is 5.68. The van der Waals surface area contributed by atoms with Gasteiger partial charge in [-0.1, -0.05) is 47.4 Å². The Hall–Kier alpha value is -1.20. The van der Waals surface area contributed by atoms with E-state index in [1.54, 1.807) is 6.07 Å². The molecular formula is C12H14BrClN4. The standard InChI is InChI=1S/C12H14BrClN4/c1-6(2)12-17-10(11(15)18(12)16)8-4-3-7(13)5-9(8)14/h3-6H,15-16H2,1-2H3. The van der Waals surface area contributed by atoms with Crippen molar-refractivity contribution in [3.05, 3.63) is 33.5 Å². The molecule has 96 valence electrons. The lowest BCUT2D eigenvalue weighted by Gasteiger charge is -2.04. The Balaban J connectivity index is 2.61. The van der Waals surface area contributed by atoms with Gasteiger partial charge in [0.1, 0.15) is 11.5 Å². The molecule has 1 heterocycles. The molecule has 0 radical (unpaired) electrons. The van der Waals surface area contributed by atoms with Crippen molar-refractivity contribution in [3.8, 4) is 11.3 Å². The predicted octanol–water partition coefficient (Wildman–Crippen LogP) is 3.39. The van der Waals surface area contributed by atoms with Crippen LogP contribution in [0.15, 0.2) is 22.7 Å². The number of anilines is 1. The number of halogens is 2. The molecule has 0 saturated heterocycles. The Kier molecular flexibility index (Phi) is 3.54. The van der Waals surface area contributed by atoms with E-state index in [2.05, 4.69) is 20.9 Å². The molecule has 0 spiro atoms. The highest BCUT2D eigenvalue weighted by atomic mass is 79.9. The largest absolute Gasteiger partial charge is 0.382 e. The van der Waals surface area contributed by atoms with Crippen LogP contribution in [0.5, 0.6) is 0 Å². The third kappa shape index (κ3) is 2.20. The fraction of sp³-hybridized carbons (Fsp3) is 0.250. The first-order valence-electron chi connectivity index (χ1n) is 5.50. The van der Waals surface area contributed by atoms with Crippen LogP contribution in [0.3, 0.4) is 0 Å². The van der Waals surface area contributed by atoms with E-state index < -0.39 is 0 Å². The molecule has 0 saturated carbocycles. The van der Waals surface area contributed by atoms with Gasteiger partial charge < -0.3 is 11.6 Å². The first-order valence-corrected chi connectivity index (χ1v) is 6.67.